The normalized spacial score (nSPS) is 15.5. The number of nitrogens with zero attached hydrogens (tertiary/aromatic N) is 5. The van der Waals surface area contributed by atoms with Gasteiger partial charge in [0.2, 0.25) is 5.89 Å². The summed E-state index contributed by atoms with van der Waals surface area (Å²) in [6.07, 6.45) is 0.929. The summed E-state index contributed by atoms with van der Waals surface area (Å²) < 4.78 is 8.01. The van der Waals surface area contributed by atoms with E-state index < -0.39 is 0 Å². The van der Waals surface area contributed by atoms with E-state index >= 15 is 0 Å². The van der Waals surface area contributed by atoms with E-state index in [0.29, 0.717) is 6.54 Å². The first-order valence-corrected chi connectivity index (χ1v) is 7.31. The van der Waals surface area contributed by atoms with Crippen molar-refractivity contribution >= 4 is 11.1 Å². The van der Waals surface area contributed by atoms with Gasteiger partial charge in [0, 0.05) is 19.5 Å². The van der Waals surface area contributed by atoms with Gasteiger partial charge in [-0.1, -0.05) is 19.1 Å². The number of hydrogen-bond donors (Lipinski definition) is 0. The highest BCUT2D eigenvalue weighted by atomic mass is 16.3. The zero-order valence-electron chi connectivity index (χ0n) is 12.0. The summed E-state index contributed by atoms with van der Waals surface area (Å²) in [5.41, 5.74) is 1.77. The number of rotatable bonds is 3. The maximum absolute atomic E-state index is 5.79. The van der Waals surface area contributed by atoms with Gasteiger partial charge in [0.1, 0.15) is 17.2 Å². The van der Waals surface area contributed by atoms with Crippen LogP contribution in [0.15, 0.2) is 28.7 Å². The number of fused-ring (bicyclic) bond motifs is 2. The van der Waals surface area contributed by atoms with Crippen molar-refractivity contribution in [2.75, 3.05) is 6.54 Å². The molecule has 0 amide bonds. The molecule has 0 saturated carbocycles. The molecule has 0 N–H and O–H groups in total. The molecule has 3 aromatic rings. The number of oxazole rings is 1. The molecule has 1 aliphatic heterocycles. The summed E-state index contributed by atoms with van der Waals surface area (Å²) in [4.78, 5) is 6.83. The second-order valence-electron chi connectivity index (χ2n) is 5.32. The fourth-order valence-corrected chi connectivity index (χ4v) is 2.84. The molecule has 1 aliphatic rings. The van der Waals surface area contributed by atoms with E-state index in [9.17, 15) is 0 Å². The zero-order valence-corrected chi connectivity index (χ0v) is 12.0. The van der Waals surface area contributed by atoms with Crippen LogP contribution in [-0.2, 0) is 26.1 Å². The number of aryl methyl sites for hydroxylation is 1. The van der Waals surface area contributed by atoms with Gasteiger partial charge >= 0.3 is 0 Å². The first-order valence-electron chi connectivity index (χ1n) is 7.31. The van der Waals surface area contributed by atoms with Gasteiger partial charge in [0.05, 0.1) is 13.1 Å². The van der Waals surface area contributed by atoms with Gasteiger partial charge < -0.3 is 8.98 Å². The van der Waals surface area contributed by atoms with Crippen LogP contribution in [0.25, 0.3) is 11.1 Å². The van der Waals surface area contributed by atoms with Crippen LogP contribution in [0.4, 0.5) is 0 Å². The third-order valence-electron chi connectivity index (χ3n) is 3.92. The van der Waals surface area contributed by atoms with E-state index in [1.807, 2.05) is 24.3 Å². The summed E-state index contributed by atoms with van der Waals surface area (Å²) in [5.74, 6) is 2.88. The van der Waals surface area contributed by atoms with Crippen molar-refractivity contribution < 1.29 is 4.42 Å². The molecular weight excluding hydrogens is 266 g/mol. The molecule has 2 aromatic heterocycles. The smallest absolute Gasteiger partial charge is 0.209 e. The van der Waals surface area contributed by atoms with E-state index in [-0.39, 0.29) is 0 Å². The Hall–Kier alpha value is -2.21. The van der Waals surface area contributed by atoms with E-state index in [1.165, 1.54) is 0 Å². The molecule has 4 rings (SSSR count). The van der Waals surface area contributed by atoms with Gasteiger partial charge in [-0.25, -0.2) is 4.98 Å². The summed E-state index contributed by atoms with van der Waals surface area (Å²) >= 11 is 0. The third kappa shape index (κ3) is 2.21. The molecule has 3 heterocycles. The molecule has 1 aromatic carbocycles. The number of para-hydroxylation sites is 2. The molecule has 0 aliphatic carbocycles. The van der Waals surface area contributed by atoms with Crippen LogP contribution in [0.2, 0.25) is 0 Å². The first-order chi connectivity index (χ1) is 10.3. The lowest BCUT2D eigenvalue weighted by molar-refractivity contribution is 0.190. The van der Waals surface area contributed by atoms with E-state index in [0.717, 1.165) is 54.7 Å². The molecule has 0 atom stereocenters. The molecule has 0 spiro atoms. The molecule has 21 heavy (non-hydrogen) atoms. The Morgan fingerprint density at radius 3 is 2.95 bits per heavy atom. The molecule has 0 fully saturated rings. The van der Waals surface area contributed by atoms with Crippen molar-refractivity contribution in [2.45, 2.75) is 33.0 Å². The van der Waals surface area contributed by atoms with Gasteiger partial charge in [-0.05, 0) is 12.1 Å². The van der Waals surface area contributed by atoms with Gasteiger partial charge in [0.15, 0.2) is 5.58 Å². The Morgan fingerprint density at radius 1 is 1.19 bits per heavy atom. The van der Waals surface area contributed by atoms with Gasteiger partial charge in [0.25, 0.3) is 0 Å². The predicted octanol–water partition coefficient (Wildman–Crippen LogP) is 2.00. The maximum Gasteiger partial charge on any atom is 0.209 e. The summed E-state index contributed by atoms with van der Waals surface area (Å²) in [6.45, 7) is 5.53. The SMILES string of the molecule is CCc1nnc2n1CCN(Cc1nc3ccccc3o1)C2. The second-order valence-corrected chi connectivity index (χ2v) is 5.32. The van der Waals surface area contributed by atoms with Crippen LogP contribution in [-0.4, -0.2) is 31.2 Å². The van der Waals surface area contributed by atoms with Crippen LogP contribution < -0.4 is 0 Å². The highest BCUT2D eigenvalue weighted by Gasteiger charge is 2.21. The minimum Gasteiger partial charge on any atom is -0.439 e. The van der Waals surface area contributed by atoms with E-state index in [1.54, 1.807) is 0 Å². The van der Waals surface area contributed by atoms with Crippen molar-refractivity contribution in [3.8, 4) is 0 Å². The highest BCUT2D eigenvalue weighted by Crippen LogP contribution is 2.19. The predicted molar refractivity (Wildman–Crippen MR) is 77.5 cm³/mol. The maximum atomic E-state index is 5.79. The van der Waals surface area contributed by atoms with Crippen molar-refractivity contribution in [1.82, 2.24) is 24.6 Å². The summed E-state index contributed by atoms with van der Waals surface area (Å²) in [5, 5.41) is 8.52. The van der Waals surface area contributed by atoms with Crippen molar-refractivity contribution in [1.29, 1.82) is 0 Å². The van der Waals surface area contributed by atoms with Crippen LogP contribution in [0.3, 0.4) is 0 Å². The standard InChI is InChI=1S/C15H17N5O/c1-2-13-17-18-14-9-19(7-8-20(13)14)10-15-16-11-5-3-4-6-12(11)21-15/h3-6H,2,7-10H2,1H3. The minimum atomic E-state index is 0.711. The number of hydrogen-bond acceptors (Lipinski definition) is 5. The van der Waals surface area contributed by atoms with Gasteiger partial charge in [-0.3, -0.25) is 4.90 Å². The average molecular weight is 283 g/mol. The van der Waals surface area contributed by atoms with Gasteiger partial charge in [-0.2, -0.15) is 0 Å². The molecule has 0 unspecified atom stereocenters. The van der Waals surface area contributed by atoms with E-state index in [4.69, 9.17) is 4.42 Å². The quantitative estimate of drug-likeness (QED) is 0.735. The zero-order chi connectivity index (χ0) is 14.2. The fraction of sp³-hybridized carbons (Fsp3) is 0.400. The molecule has 0 saturated heterocycles. The molecular formula is C15H17N5O. The van der Waals surface area contributed by atoms with Crippen LogP contribution in [0.5, 0.6) is 0 Å². The monoisotopic (exact) mass is 283 g/mol. The average Bonchev–Trinajstić information content (AvgIpc) is 3.09. The Morgan fingerprint density at radius 2 is 2.10 bits per heavy atom. The summed E-state index contributed by atoms with van der Waals surface area (Å²) in [6, 6.07) is 7.87. The first kappa shape index (κ1) is 12.5. The summed E-state index contributed by atoms with van der Waals surface area (Å²) in [7, 11) is 0. The van der Waals surface area contributed by atoms with Gasteiger partial charge in [-0.15, -0.1) is 10.2 Å². The van der Waals surface area contributed by atoms with Crippen LogP contribution >= 0.6 is 0 Å². The topological polar surface area (TPSA) is 60.0 Å². The minimum absolute atomic E-state index is 0.711. The lowest BCUT2D eigenvalue weighted by Crippen LogP contribution is -2.34. The Labute approximate surface area is 122 Å². The number of benzene rings is 1. The Bertz CT molecular complexity index is 742. The largest absolute Gasteiger partial charge is 0.439 e. The van der Waals surface area contributed by atoms with Crippen molar-refractivity contribution in [3.05, 3.63) is 41.8 Å². The number of aromatic nitrogens is 4. The second kappa shape index (κ2) is 4.96. The lowest BCUT2D eigenvalue weighted by Gasteiger charge is -2.26. The Balaban J connectivity index is 1.53. The van der Waals surface area contributed by atoms with E-state index in [2.05, 4.69) is 31.6 Å². The third-order valence-corrected chi connectivity index (χ3v) is 3.92. The molecule has 0 bridgehead atoms. The lowest BCUT2D eigenvalue weighted by atomic mass is 10.3. The molecule has 0 radical (unpaired) electrons. The van der Waals surface area contributed by atoms with Crippen molar-refractivity contribution in [2.24, 2.45) is 0 Å². The fourth-order valence-electron chi connectivity index (χ4n) is 2.84. The van der Waals surface area contributed by atoms with Crippen molar-refractivity contribution in [3.63, 3.8) is 0 Å². The Kier molecular flexibility index (Phi) is 2.96. The highest BCUT2D eigenvalue weighted by molar-refractivity contribution is 5.72. The van der Waals surface area contributed by atoms with Crippen LogP contribution in [0, 0.1) is 0 Å². The molecule has 6 heteroatoms. The molecule has 108 valence electrons. The molecule has 6 nitrogen and oxygen atoms in total. The van der Waals surface area contributed by atoms with Crippen LogP contribution in [0.1, 0.15) is 24.5 Å².